The van der Waals surface area contributed by atoms with Crippen molar-refractivity contribution in [2.24, 2.45) is 5.92 Å². The van der Waals surface area contributed by atoms with Crippen molar-refractivity contribution in [2.45, 2.75) is 91.4 Å². The number of benzene rings is 1. The zero-order valence-electron chi connectivity index (χ0n) is 22.7. The number of unbranched alkanes of at least 4 members (excludes halogenated alkanes) is 2. The van der Waals surface area contributed by atoms with Crippen LogP contribution in [0.2, 0.25) is 0 Å². The lowest BCUT2D eigenvalue weighted by Gasteiger charge is -2.23. The van der Waals surface area contributed by atoms with Gasteiger partial charge in [0.05, 0.1) is 39.0 Å². The van der Waals surface area contributed by atoms with E-state index in [2.05, 4.69) is 12.2 Å². The van der Waals surface area contributed by atoms with Crippen molar-refractivity contribution in [1.82, 2.24) is 5.32 Å². The Bertz CT molecular complexity index is 814. The second-order valence-corrected chi connectivity index (χ2v) is 8.62. The van der Waals surface area contributed by atoms with E-state index in [0.717, 1.165) is 31.2 Å². The summed E-state index contributed by atoms with van der Waals surface area (Å²) in [5.41, 5.74) is 1.04. The highest BCUT2D eigenvalue weighted by molar-refractivity contribution is 5.99. The molecule has 1 aromatic carbocycles. The van der Waals surface area contributed by atoms with Crippen molar-refractivity contribution in [1.29, 1.82) is 0 Å². The van der Waals surface area contributed by atoms with E-state index in [-0.39, 0.29) is 32.3 Å². The Kier molecular flexibility index (Phi) is 16.7. The van der Waals surface area contributed by atoms with Gasteiger partial charge in [-0.1, -0.05) is 56.5 Å². The van der Waals surface area contributed by atoms with E-state index >= 15 is 0 Å². The Morgan fingerprint density at radius 3 is 2.05 bits per heavy atom. The first-order valence-corrected chi connectivity index (χ1v) is 13.3. The van der Waals surface area contributed by atoms with E-state index in [4.69, 9.17) is 18.9 Å². The highest BCUT2D eigenvalue weighted by Gasteiger charge is 2.33. The molecule has 0 aliphatic heterocycles. The molecule has 0 bridgehead atoms. The maximum absolute atomic E-state index is 13.2. The summed E-state index contributed by atoms with van der Waals surface area (Å²) in [5, 5.41) is 2.51. The molecule has 1 N–H and O–H groups in total. The van der Waals surface area contributed by atoms with Gasteiger partial charge >= 0.3 is 17.9 Å². The fourth-order valence-electron chi connectivity index (χ4n) is 3.77. The molecule has 1 rings (SSSR count). The van der Waals surface area contributed by atoms with Crippen molar-refractivity contribution < 1.29 is 38.1 Å². The Labute approximate surface area is 220 Å². The van der Waals surface area contributed by atoms with Gasteiger partial charge in [0.1, 0.15) is 12.0 Å². The topological polar surface area (TPSA) is 117 Å². The van der Waals surface area contributed by atoms with Crippen molar-refractivity contribution >= 4 is 23.8 Å². The minimum Gasteiger partial charge on any atom is -0.466 e. The predicted octanol–water partition coefficient (Wildman–Crippen LogP) is 4.11. The zero-order valence-corrected chi connectivity index (χ0v) is 22.7. The normalized spacial score (nSPS) is 13.2. The van der Waals surface area contributed by atoms with Gasteiger partial charge < -0.3 is 24.3 Å². The van der Waals surface area contributed by atoms with Crippen LogP contribution in [0, 0.1) is 5.92 Å². The number of rotatable bonds is 19. The van der Waals surface area contributed by atoms with Crippen molar-refractivity contribution in [3.05, 3.63) is 35.9 Å². The van der Waals surface area contributed by atoms with E-state index in [1.165, 1.54) is 0 Å². The molecule has 3 atom stereocenters. The van der Waals surface area contributed by atoms with Gasteiger partial charge in [-0.05, 0) is 45.6 Å². The molecule has 0 saturated carbocycles. The van der Waals surface area contributed by atoms with E-state index in [1.54, 1.807) is 20.8 Å². The van der Waals surface area contributed by atoms with Gasteiger partial charge in [-0.25, -0.2) is 4.79 Å². The molecule has 0 radical (unpaired) electrons. The van der Waals surface area contributed by atoms with E-state index < -0.39 is 42.2 Å². The first kappa shape index (κ1) is 32.1. The molecule has 0 heterocycles. The van der Waals surface area contributed by atoms with Crippen LogP contribution in [0.1, 0.15) is 78.2 Å². The van der Waals surface area contributed by atoms with Crippen LogP contribution in [0.5, 0.6) is 0 Å². The number of ether oxygens (including phenoxy) is 4. The van der Waals surface area contributed by atoms with Crippen LogP contribution >= 0.6 is 0 Å². The minimum atomic E-state index is -1.27. The predicted molar refractivity (Wildman–Crippen MR) is 138 cm³/mol. The van der Waals surface area contributed by atoms with Crippen molar-refractivity contribution in [3.63, 3.8) is 0 Å². The Hall–Kier alpha value is -2.94. The summed E-state index contributed by atoms with van der Waals surface area (Å²) in [7, 11) is 0. The molecule has 3 unspecified atom stereocenters. The lowest BCUT2D eigenvalue weighted by Crippen LogP contribution is -2.47. The molecule has 9 heteroatoms. The molecule has 0 spiro atoms. The lowest BCUT2D eigenvalue weighted by atomic mass is 9.97. The molecule has 9 nitrogen and oxygen atoms in total. The molecular formula is C28H43NO8. The highest BCUT2D eigenvalue weighted by atomic mass is 16.5. The Morgan fingerprint density at radius 2 is 1.43 bits per heavy atom. The van der Waals surface area contributed by atoms with E-state index in [9.17, 15) is 19.2 Å². The summed E-state index contributed by atoms with van der Waals surface area (Å²) in [4.78, 5) is 50.2. The lowest BCUT2D eigenvalue weighted by molar-refractivity contribution is -0.156. The van der Waals surface area contributed by atoms with Crippen LogP contribution in [-0.2, 0) is 44.7 Å². The number of esters is 3. The number of amides is 1. The van der Waals surface area contributed by atoms with Crippen LogP contribution in [0.3, 0.4) is 0 Å². The van der Waals surface area contributed by atoms with Crippen molar-refractivity contribution in [2.75, 3.05) is 19.8 Å². The maximum atomic E-state index is 13.2. The minimum absolute atomic E-state index is 0.0769. The zero-order chi connectivity index (χ0) is 27.5. The van der Waals surface area contributed by atoms with Crippen LogP contribution in [0.25, 0.3) is 0 Å². The Balaban J connectivity index is 2.94. The number of nitrogens with one attached hydrogen (secondary N) is 1. The third-order valence-electron chi connectivity index (χ3n) is 5.69. The number of carbonyl (C=O) groups excluding carboxylic acids is 4. The summed E-state index contributed by atoms with van der Waals surface area (Å²) in [6, 6.07) is 8.53. The average molecular weight is 522 g/mol. The molecular weight excluding hydrogens is 478 g/mol. The van der Waals surface area contributed by atoms with Crippen LogP contribution in [0.15, 0.2) is 30.3 Å². The average Bonchev–Trinajstić information content (AvgIpc) is 2.87. The molecule has 0 aromatic heterocycles. The second-order valence-electron chi connectivity index (χ2n) is 8.62. The molecule has 208 valence electrons. The summed E-state index contributed by atoms with van der Waals surface area (Å²) in [6.07, 6.45) is 3.96. The summed E-state index contributed by atoms with van der Waals surface area (Å²) >= 11 is 0. The molecule has 1 amide bonds. The first-order chi connectivity index (χ1) is 17.9. The van der Waals surface area contributed by atoms with Crippen LogP contribution in [0.4, 0.5) is 0 Å². The van der Waals surface area contributed by atoms with Gasteiger partial charge in [0, 0.05) is 0 Å². The number of carbonyl (C=O) groups is 4. The fraction of sp³-hybridized carbons (Fsp3) is 0.643. The molecule has 0 saturated heterocycles. The number of hydrogen-bond donors (Lipinski definition) is 1. The van der Waals surface area contributed by atoms with Gasteiger partial charge in [0.15, 0.2) is 0 Å². The summed E-state index contributed by atoms with van der Waals surface area (Å²) < 4.78 is 21.2. The van der Waals surface area contributed by atoms with Gasteiger partial charge in [0.25, 0.3) is 0 Å². The van der Waals surface area contributed by atoms with Gasteiger partial charge in [0.2, 0.25) is 5.91 Å². The van der Waals surface area contributed by atoms with Crippen molar-refractivity contribution in [3.8, 4) is 0 Å². The summed E-state index contributed by atoms with van der Waals surface area (Å²) in [5.74, 6) is -3.97. The van der Waals surface area contributed by atoms with E-state index in [1.807, 2.05) is 30.3 Å². The maximum Gasteiger partial charge on any atom is 0.329 e. The molecule has 0 aliphatic carbocycles. The van der Waals surface area contributed by atoms with Gasteiger partial charge in [-0.15, -0.1) is 0 Å². The Morgan fingerprint density at radius 1 is 0.784 bits per heavy atom. The molecule has 0 aliphatic rings. The smallest absolute Gasteiger partial charge is 0.329 e. The quantitative estimate of drug-likeness (QED) is 0.125. The SMILES string of the molecule is CCCCCC(CCC(C(=O)NC(CC(=O)OCC)C(=O)OCC)C(=O)OCC)OCc1ccccc1. The largest absolute Gasteiger partial charge is 0.466 e. The van der Waals surface area contributed by atoms with Gasteiger partial charge in [-0.2, -0.15) is 0 Å². The fourth-order valence-corrected chi connectivity index (χ4v) is 3.77. The number of hydrogen-bond acceptors (Lipinski definition) is 8. The third kappa shape index (κ3) is 13.3. The van der Waals surface area contributed by atoms with Crippen LogP contribution in [-0.4, -0.2) is 55.8 Å². The third-order valence-corrected chi connectivity index (χ3v) is 5.69. The van der Waals surface area contributed by atoms with E-state index in [0.29, 0.717) is 13.0 Å². The second kappa shape index (κ2) is 19.2. The van der Waals surface area contributed by atoms with Crippen LogP contribution < -0.4 is 5.32 Å². The van der Waals surface area contributed by atoms with Gasteiger partial charge in [-0.3, -0.25) is 14.4 Å². The monoisotopic (exact) mass is 521 g/mol. The highest BCUT2D eigenvalue weighted by Crippen LogP contribution is 2.20. The summed E-state index contributed by atoms with van der Waals surface area (Å²) in [6.45, 7) is 7.79. The first-order valence-electron chi connectivity index (χ1n) is 13.3. The molecule has 37 heavy (non-hydrogen) atoms. The molecule has 1 aromatic rings. The molecule has 0 fully saturated rings. The standard InChI is InChI=1S/C28H43NO8/c1-5-9-11-16-22(37-20-21-14-12-10-13-15-21)17-18-23(27(32)35-7-3)26(31)29-24(28(33)36-8-4)19-25(30)34-6-2/h10,12-15,22-24H,5-9,11,16-20H2,1-4H3,(H,29,31).